The third kappa shape index (κ3) is 6.31. The Kier molecular flexibility index (Phi) is 8.17. The highest BCUT2D eigenvalue weighted by molar-refractivity contribution is 5.94. The molecule has 1 rings (SSSR count). The number of ether oxygens (including phenoxy) is 3. The number of carboxylic acids is 1. The lowest BCUT2D eigenvalue weighted by Gasteiger charge is -2.12. The van der Waals surface area contributed by atoms with Crippen LogP contribution in [0.2, 0.25) is 0 Å². The molecule has 23 heavy (non-hydrogen) atoms. The van der Waals surface area contributed by atoms with Gasteiger partial charge in [-0.05, 0) is 18.2 Å². The zero-order valence-electron chi connectivity index (χ0n) is 13.0. The Hall–Kier alpha value is -2.03. The van der Waals surface area contributed by atoms with Crippen LogP contribution in [0.3, 0.4) is 0 Å². The molecule has 1 aromatic rings. The van der Waals surface area contributed by atoms with E-state index in [1.165, 1.54) is 26.4 Å². The van der Waals surface area contributed by atoms with Crippen LogP contribution >= 0.6 is 0 Å². The van der Waals surface area contributed by atoms with E-state index in [4.69, 9.17) is 19.3 Å². The summed E-state index contributed by atoms with van der Waals surface area (Å²) < 4.78 is 28.4. The summed E-state index contributed by atoms with van der Waals surface area (Å²) in [5.74, 6) is -2.19. The third-order valence-corrected chi connectivity index (χ3v) is 3.01. The van der Waals surface area contributed by atoms with Gasteiger partial charge in [-0.1, -0.05) is 0 Å². The van der Waals surface area contributed by atoms with Crippen LogP contribution in [0.1, 0.15) is 15.9 Å². The average molecular weight is 329 g/mol. The van der Waals surface area contributed by atoms with E-state index in [9.17, 15) is 14.0 Å². The van der Waals surface area contributed by atoms with Crippen molar-refractivity contribution in [1.82, 2.24) is 5.32 Å². The Morgan fingerprint density at radius 2 is 2.04 bits per heavy atom. The molecule has 1 unspecified atom stereocenters. The summed E-state index contributed by atoms with van der Waals surface area (Å²) in [6.45, 7) is 0.504. The van der Waals surface area contributed by atoms with Crippen LogP contribution in [0.25, 0.3) is 0 Å². The standard InChI is InChI=1S/C15H20FNO6/c1-21-5-6-23-9-11-7-10(3-4-12(11)16)14(18)17-8-13(22-2)15(19)20/h3-4,7,13H,5-6,8-9H2,1-2H3,(H,17,18)(H,19,20). The number of carboxylic acid groups (broad SMARTS) is 1. The zero-order chi connectivity index (χ0) is 17.2. The molecular formula is C15H20FNO6. The Bertz CT molecular complexity index is 537. The summed E-state index contributed by atoms with van der Waals surface area (Å²) in [6, 6.07) is 3.83. The minimum absolute atomic E-state index is 0.00609. The lowest BCUT2D eigenvalue weighted by atomic mass is 10.1. The number of rotatable bonds is 10. The van der Waals surface area contributed by atoms with Crippen LogP contribution in [-0.2, 0) is 25.6 Å². The van der Waals surface area contributed by atoms with E-state index >= 15 is 0 Å². The van der Waals surface area contributed by atoms with Crippen LogP contribution in [0.5, 0.6) is 0 Å². The van der Waals surface area contributed by atoms with Gasteiger partial charge >= 0.3 is 5.97 Å². The maximum atomic E-state index is 13.7. The molecule has 2 N–H and O–H groups in total. The van der Waals surface area contributed by atoms with Gasteiger partial charge in [0.05, 0.1) is 26.4 Å². The lowest BCUT2D eigenvalue weighted by molar-refractivity contribution is -0.148. The molecule has 0 heterocycles. The van der Waals surface area contributed by atoms with Gasteiger partial charge in [-0.3, -0.25) is 4.79 Å². The van der Waals surface area contributed by atoms with Crippen molar-refractivity contribution in [2.45, 2.75) is 12.7 Å². The second-order valence-electron chi connectivity index (χ2n) is 4.62. The first kappa shape index (κ1) is 19.0. The maximum absolute atomic E-state index is 13.7. The normalized spacial score (nSPS) is 12.0. The second kappa shape index (κ2) is 9.88. The van der Waals surface area contributed by atoms with E-state index in [-0.39, 0.29) is 24.3 Å². The van der Waals surface area contributed by atoms with Crippen molar-refractivity contribution in [2.75, 3.05) is 34.0 Å². The summed E-state index contributed by atoms with van der Waals surface area (Å²) in [6.07, 6.45) is -1.14. The van der Waals surface area contributed by atoms with Crippen molar-refractivity contribution >= 4 is 11.9 Å². The van der Waals surface area contributed by atoms with E-state index in [2.05, 4.69) is 5.32 Å². The average Bonchev–Trinajstić information content (AvgIpc) is 2.53. The molecule has 0 radical (unpaired) electrons. The lowest BCUT2D eigenvalue weighted by Crippen LogP contribution is -2.37. The number of halogens is 1. The number of methoxy groups -OCH3 is 2. The molecule has 0 saturated heterocycles. The second-order valence-corrected chi connectivity index (χ2v) is 4.62. The first-order valence-electron chi connectivity index (χ1n) is 6.88. The van der Waals surface area contributed by atoms with Gasteiger partial charge in [-0.15, -0.1) is 0 Å². The first-order chi connectivity index (χ1) is 11.0. The first-order valence-corrected chi connectivity index (χ1v) is 6.88. The fourth-order valence-electron chi connectivity index (χ4n) is 1.71. The van der Waals surface area contributed by atoms with E-state index < -0.39 is 23.8 Å². The van der Waals surface area contributed by atoms with Gasteiger partial charge in [0, 0.05) is 25.3 Å². The van der Waals surface area contributed by atoms with Gasteiger partial charge in [0.1, 0.15) is 5.82 Å². The Labute approximate surface area is 133 Å². The van der Waals surface area contributed by atoms with Crippen LogP contribution in [0, 0.1) is 5.82 Å². The maximum Gasteiger partial charge on any atom is 0.334 e. The predicted molar refractivity (Wildman–Crippen MR) is 78.7 cm³/mol. The number of amides is 1. The molecule has 0 aliphatic rings. The molecule has 0 saturated carbocycles. The summed E-state index contributed by atoms with van der Waals surface area (Å²) in [4.78, 5) is 22.8. The van der Waals surface area contributed by atoms with E-state index in [0.29, 0.717) is 13.2 Å². The number of nitrogens with one attached hydrogen (secondary N) is 1. The van der Waals surface area contributed by atoms with Gasteiger partial charge in [0.25, 0.3) is 5.91 Å². The summed E-state index contributed by atoms with van der Waals surface area (Å²) >= 11 is 0. The molecule has 0 aliphatic heterocycles. The number of hydrogen-bond donors (Lipinski definition) is 2. The van der Waals surface area contributed by atoms with Gasteiger partial charge < -0.3 is 24.6 Å². The molecule has 0 fully saturated rings. The SMILES string of the molecule is COCCOCc1cc(C(=O)NCC(OC)C(=O)O)ccc1F. The Balaban J connectivity index is 2.65. The van der Waals surface area contributed by atoms with Crippen molar-refractivity contribution in [3.8, 4) is 0 Å². The highest BCUT2D eigenvalue weighted by atomic mass is 19.1. The van der Waals surface area contributed by atoms with Crippen LogP contribution < -0.4 is 5.32 Å². The molecule has 8 heteroatoms. The molecule has 128 valence electrons. The largest absolute Gasteiger partial charge is 0.479 e. The van der Waals surface area contributed by atoms with Crippen molar-refractivity contribution in [3.63, 3.8) is 0 Å². The number of aliphatic carboxylic acids is 1. The highest BCUT2D eigenvalue weighted by Gasteiger charge is 2.18. The molecule has 0 aliphatic carbocycles. The molecular weight excluding hydrogens is 309 g/mol. The van der Waals surface area contributed by atoms with Gasteiger partial charge in [0.15, 0.2) is 6.10 Å². The van der Waals surface area contributed by atoms with E-state index in [1.54, 1.807) is 0 Å². The summed E-state index contributed by atoms with van der Waals surface area (Å²) in [7, 11) is 2.76. The number of benzene rings is 1. The number of carbonyl (C=O) groups is 2. The summed E-state index contributed by atoms with van der Waals surface area (Å²) in [5, 5.41) is 11.3. The monoisotopic (exact) mass is 329 g/mol. The van der Waals surface area contributed by atoms with E-state index in [0.717, 1.165) is 6.07 Å². The Morgan fingerprint density at radius 3 is 2.65 bits per heavy atom. The van der Waals surface area contributed by atoms with Crippen molar-refractivity contribution in [2.24, 2.45) is 0 Å². The number of hydrogen-bond acceptors (Lipinski definition) is 5. The Morgan fingerprint density at radius 1 is 1.30 bits per heavy atom. The topological polar surface area (TPSA) is 94.1 Å². The van der Waals surface area contributed by atoms with Gasteiger partial charge in [0.2, 0.25) is 0 Å². The van der Waals surface area contributed by atoms with E-state index in [1.807, 2.05) is 0 Å². The van der Waals surface area contributed by atoms with Crippen LogP contribution in [0.15, 0.2) is 18.2 Å². The molecule has 1 atom stereocenters. The molecule has 1 amide bonds. The van der Waals surface area contributed by atoms with Crippen molar-refractivity contribution in [1.29, 1.82) is 0 Å². The zero-order valence-corrected chi connectivity index (χ0v) is 13.0. The van der Waals surface area contributed by atoms with Crippen LogP contribution in [0.4, 0.5) is 4.39 Å². The fourth-order valence-corrected chi connectivity index (χ4v) is 1.71. The quantitative estimate of drug-likeness (QED) is 0.617. The fraction of sp³-hybridized carbons (Fsp3) is 0.467. The molecule has 0 spiro atoms. The minimum Gasteiger partial charge on any atom is -0.479 e. The predicted octanol–water partition coefficient (Wildman–Crippen LogP) is 0.818. The number of carbonyl (C=O) groups excluding carboxylic acids is 1. The van der Waals surface area contributed by atoms with Gasteiger partial charge in [-0.25, -0.2) is 9.18 Å². The molecule has 1 aromatic carbocycles. The molecule has 0 aromatic heterocycles. The van der Waals surface area contributed by atoms with Crippen LogP contribution in [-0.4, -0.2) is 57.1 Å². The minimum atomic E-state index is -1.18. The smallest absolute Gasteiger partial charge is 0.334 e. The third-order valence-electron chi connectivity index (χ3n) is 3.01. The van der Waals surface area contributed by atoms with Gasteiger partial charge in [-0.2, -0.15) is 0 Å². The summed E-state index contributed by atoms with van der Waals surface area (Å²) in [5.41, 5.74) is 0.437. The molecule has 7 nitrogen and oxygen atoms in total. The highest BCUT2D eigenvalue weighted by Crippen LogP contribution is 2.12. The van der Waals surface area contributed by atoms with Crippen molar-refractivity contribution in [3.05, 3.63) is 35.1 Å². The van der Waals surface area contributed by atoms with Crippen molar-refractivity contribution < 1.29 is 33.3 Å². The molecule has 0 bridgehead atoms.